The van der Waals surface area contributed by atoms with Crippen molar-refractivity contribution in [2.45, 2.75) is 59.5 Å². The molecule has 136 valence electrons. The number of aromatic nitrogens is 1. The minimum atomic E-state index is -0.720. The van der Waals surface area contributed by atoms with Gasteiger partial charge >= 0.3 is 0 Å². The molecular formula is C20H29N3O2. The maximum absolute atomic E-state index is 12.9. The van der Waals surface area contributed by atoms with E-state index in [-0.39, 0.29) is 5.91 Å². The Balaban J connectivity index is 2.36. The number of fused-ring (bicyclic) bond motifs is 1. The molecule has 0 spiro atoms. The zero-order valence-corrected chi connectivity index (χ0v) is 15.6. The summed E-state index contributed by atoms with van der Waals surface area (Å²) in [6.07, 6.45) is 3.24. The molecule has 2 rings (SSSR count). The van der Waals surface area contributed by atoms with Crippen LogP contribution in [-0.2, 0) is 11.3 Å². The molecule has 0 fully saturated rings. The summed E-state index contributed by atoms with van der Waals surface area (Å²) in [5, 5.41) is 3.85. The number of hydrogen-bond donors (Lipinski definition) is 2. The van der Waals surface area contributed by atoms with Crippen molar-refractivity contribution in [2.24, 2.45) is 11.1 Å². The molecule has 0 aliphatic carbocycles. The van der Waals surface area contributed by atoms with Gasteiger partial charge in [-0.25, -0.2) is 0 Å². The number of primary amides is 1. The summed E-state index contributed by atoms with van der Waals surface area (Å²) in [6, 6.07) is 9.12. The van der Waals surface area contributed by atoms with Crippen molar-refractivity contribution in [3.8, 4) is 0 Å². The van der Waals surface area contributed by atoms with Gasteiger partial charge in [-0.1, -0.05) is 58.7 Å². The molecule has 1 aromatic carbocycles. The Kier molecular flexibility index (Phi) is 5.88. The molecule has 0 bridgehead atoms. The molecule has 0 saturated heterocycles. The van der Waals surface area contributed by atoms with Crippen molar-refractivity contribution in [3.63, 3.8) is 0 Å². The fraction of sp³-hybridized carbons (Fsp3) is 0.500. The van der Waals surface area contributed by atoms with Gasteiger partial charge in [-0.05, 0) is 24.0 Å². The van der Waals surface area contributed by atoms with Crippen molar-refractivity contribution in [3.05, 3.63) is 36.0 Å². The van der Waals surface area contributed by atoms with Crippen LogP contribution in [0.1, 0.15) is 57.4 Å². The average Bonchev–Trinajstić information content (AvgIpc) is 2.90. The van der Waals surface area contributed by atoms with Crippen LogP contribution in [0.2, 0.25) is 0 Å². The summed E-state index contributed by atoms with van der Waals surface area (Å²) in [5.74, 6) is -0.777. The Hall–Kier alpha value is -2.30. The van der Waals surface area contributed by atoms with E-state index in [2.05, 4.69) is 12.2 Å². The number of unbranched alkanes of at least 4 members (excludes halogenated alkanes) is 2. The lowest BCUT2D eigenvalue weighted by Crippen LogP contribution is -2.52. The fourth-order valence-electron chi connectivity index (χ4n) is 3.08. The van der Waals surface area contributed by atoms with E-state index in [1.165, 1.54) is 0 Å². The third-order valence-electron chi connectivity index (χ3n) is 4.45. The number of hydrogen-bond acceptors (Lipinski definition) is 2. The van der Waals surface area contributed by atoms with Crippen LogP contribution >= 0.6 is 0 Å². The minimum Gasteiger partial charge on any atom is -0.368 e. The van der Waals surface area contributed by atoms with Crippen molar-refractivity contribution in [1.82, 2.24) is 9.88 Å². The minimum absolute atomic E-state index is 0.258. The van der Waals surface area contributed by atoms with Gasteiger partial charge in [-0.3, -0.25) is 9.59 Å². The molecule has 0 unspecified atom stereocenters. The van der Waals surface area contributed by atoms with Crippen LogP contribution in [0.5, 0.6) is 0 Å². The molecule has 2 amide bonds. The lowest BCUT2D eigenvalue weighted by Gasteiger charge is -2.28. The van der Waals surface area contributed by atoms with Gasteiger partial charge < -0.3 is 15.6 Å². The first-order valence-electron chi connectivity index (χ1n) is 8.94. The SMILES string of the molecule is CCCCCn1c(C(=O)N[C@H](C(N)=O)C(C)(C)C)cc2ccccc21. The van der Waals surface area contributed by atoms with Crippen molar-refractivity contribution in [1.29, 1.82) is 0 Å². The number of para-hydroxylation sites is 1. The number of nitrogens with one attached hydrogen (secondary N) is 1. The van der Waals surface area contributed by atoms with Gasteiger partial charge in [0.1, 0.15) is 11.7 Å². The lowest BCUT2D eigenvalue weighted by atomic mass is 9.86. The quantitative estimate of drug-likeness (QED) is 0.755. The van der Waals surface area contributed by atoms with E-state index >= 15 is 0 Å². The van der Waals surface area contributed by atoms with Crippen LogP contribution in [0.3, 0.4) is 0 Å². The molecule has 2 aromatic rings. The zero-order valence-electron chi connectivity index (χ0n) is 15.6. The van der Waals surface area contributed by atoms with Crippen LogP contribution in [0.25, 0.3) is 10.9 Å². The largest absolute Gasteiger partial charge is 0.368 e. The molecule has 0 aliphatic rings. The summed E-state index contributed by atoms with van der Waals surface area (Å²) in [5.41, 5.74) is 6.67. The number of benzene rings is 1. The normalized spacial score (nSPS) is 13.0. The number of nitrogens with zero attached hydrogens (tertiary/aromatic N) is 1. The third kappa shape index (κ3) is 4.41. The Labute approximate surface area is 149 Å². The average molecular weight is 343 g/mol. The molecular weight excluding hydrogens is 314 g/mol. The van der Waals surface area contributed by atoms with Gasteiger partial charge in [0.2, 0.25) is 5.91 Å². The Morgan fingerprint density at radius 2 is 1.88 bits per heavy atom. The number of nitrogens with two attached hydrogens (primary N) is 1. The molecule has 0 aliphatic heterocycles. The summed E-state index contributed by atoms with van der Waals surface area (Å²) in [4.78, 5) is 24.7. The van der Waals surface area contributed by atoms with Crippen LogP contribution in [-0.4, -0.2) is 22.4 Å². The highest BCUT2D eigenvalue weighted by Gasteiger charge is 2.32. The summed E-state index contributed by atoms with van der Waals surface area (Å²) >= 11 is 0. The lowest BCUT2D eigenvalue weighted by molar-refractivity contribution is -0.122. The molecule has 1 atom stereocenters. The van der Waals surface area contributed by atoms with E-state index < -0.39 is 17.4 Å². The van der Waals surface area contributed by atoms with Crippen molar-refractivity contribution >= 4 is 22.7 Å². The Morgan fingerprint density at radius 1 is 1.20 bits per heavy atom. The molecule has 5 heteroatoms. The second-order valence-electron chi connectivity index (χ2n) is 7.62. The molecule has 5 nitrogen and oxygen atoms in total. The van der Waals surface area contributed by atoms with Crippen LogP contribution < -0.4 is 11.1 Å². The first-order valence-corrected chi connectivity index (χ1v) is 8.94. The van der Waals surface area contributed by atoms with Gasteiger partial charge in [0.25, 0.3) is 5.91 Å². The zero-order chi connectivity index (χ0) is 18.6. The van der Waals surface area contributed by atoms with E-state index in [1.54, 1.807) is 0 Å². The van der Waals surface area contributed by atoms with E-state index in [9.17, 15) is 9.59 Å². The Morgan fingerprint density at radius 3 is 2.48 bits per heavy atom. The monoisotopic (exact) mass is 343 g/mol. The number of aryl methyl sites for hydroxylation is 1. The molecule has 0 radical (unpaired) electrons. The van der Waals surface area contributed by atoms with E-state index in [4.69, 9.17) is 5.73 Å². The number of rotatable bonds is 7. The van der Waals surface area contributed by atoms with Gasteiger partial charge in [0, 0.05) is 17.4 Å². The second kappa shape index (κ2) is 7.72. The van der Waals surface area contributed by atoms with Crippen LogP contribution in [0, 0.1) is 5.41 Å². The molecule has 3 N–H and O–H groups in total. The first-order chi connectivity index (χ1) is 11.8. The van der Waals surface area contributed by atoms with Gasteiger partial charge in [-0.15, -0.1) is 0 Å². The van der Waals surface area contributed by atoms with E-state index in [0.29, 0.717) is 5.69 Å². The van der Waals surface area contributed by atoms with Crippen molar-refractivity contribution < 1.29 is 9.59 Å². The molecule has 1 aromatic heterocycles. The smallest absolute Gasteiger partial charge is 0.268 e. The molecule has 1 heterocycles. The standard InChI is InChI=1S/C20H29N3O2/c1-5-6-9-12-23-15-11-8-7-10-14(15)13-16(23)19(25)22-17(18(21)24)20(2,3)4/h7-8,10-11,13,17H,5-6,9,12H2,1-4H3,(H2,21,24)(H,22,25)/t17-/m1/s1. The molecule has 0 saturated carbocycles. The summed E-state index contributed by atoms with van der Waals surface area (Å²) in [6.45, 7) is 8.60. The predicted molar refractivity (Wildman–Crippen MR) is 101 cm³/mol. The van der Waals surface area contributed by atoms with Gasteiger partial charge in [0.05, 0.1) is 0 Å². The number of amides is 2. The predicted octanol–water partition coefficient (Wildman–Crippen LogP) is 3.46. The highest BCUT2D eigenvalue weighted by atomic mass is 16.2. The maximum atomic E-state index is 12.9. The summed E-state index contributed by atoms with van der Waals surface area (Å²) < 4.78 is 2.04. The van der Waals surface area contributed by atoms with Gasteiger partial charge in [0.15, 0.2) is 0 Å². The first kappa shape index (κ1) is 19.0. The molecule has 25 heavy (non-hydrogen) atoms. The fourth-order valence-corrected chi connectivity index (χ4v) is 3.08. The van der Waals surface area contributed by atoms with E-state index in [1.807, 2.05) is 55.7 Å². The van der Waals surface area contributed by atoms with E-state index in [0.717, 1.165) is 36.7 Å². The topological polar surface area (TPSA) is 77.1 Å². The van der Waals surface area contributed by atoms with Crippen LogP contribution in [0.4, 0.5) is 0 Å². The Bertz CT molecular complexity index is 756. The summed E-state index contributed by atoms with van der Waals surface area (Å²) in [7, 11) is 0. The second-order valence-corrected chi connectivity index (χ2v) is 7.62. The number of carbonyl (C=O) groups is 2. The van der Waals surface area contributed by atoms with Gasteiger partial charge in [-0.2, -0.15) is 0 Å². The highest BCUT2D eigenvalue weighted by Crippen LogP contribution is 2.23. The van der Waals surface area contributed by atoms with Crippen molar-refractivity contribution in [2.75, 3.05) is 0 Å². The number of carbonyl (C=O) groups excluding carboxylic acids is 2. The third-order valence-corrected chi connectivity index (χ3v) is 4.45. The maximum Gasteiger partial charge on any atom is 0.268 e. The van der Waals surface area contributed by atoms with Crippen LogP contribution in [0.15, 0.2) is 30.3 Å². The highest BCUT2D eigenvalue weighted by molar-refractivity contribution is 6.00.